The first-order valence-electron chi connectivity index (χ1n) is 7.91. The second-order valence-electron chi connectivity index (χ2n) is 5.59. The number of aromatic nitrogens is 4. The number of hydrogen-bond acceptors (Lipinski definition) is 5. The molecule has 0 spiro atoms. The van der Waals surface area contributed by atoms with Crippen LogP contribution in [-0.2, 0) is 5.75 Å². The Morgan fingerprint density at radius 2 is 1.96 bits per heavy atom. The molecule has 0 aliphatic rings. The topological polar surface area (TPSA) is 56.7 Å². The van der Waals surface area contributed by atoms with Gasteiger partial charge in [-0.05, 0) is 25.1 Å². The summed E-state index contributed by atoms with van der Waals surface area (Å²) in [6.07, 6.45) is 3.74. The van der Waals surface area contributed by atoms with Crippen LogP contribution in [0, 0.1) is 6.92 Å². The lowest BCUT2D eigenvalue weighted by Crippen LogP contribution is -1.95. The smallest absolute Gasteiger partial charge is 0.237 e. The van der Waals surface area contributed by atoms with Crippen molar-refractivity contribution in [1.82, 2.24) is 19.7 Å². The third-order valence-corrected chi connectivity index (χ3v) is 4.66. The molecule has 0 saturated carbocycles. The van der Waals surface area contributed by atoms with Crippen molar-refractivity contribution >= 4 is 11.8 Å². The monoisotopic (exact) mass is 348 g/mol. The molecule has 2 aromatic heterocycles. The van der Waals surface area contributed by atoms with E-state index in [9.17, 15) is 0 Å². The number of aryl methyl sites for hydroxylation is 1. The molecule has 0 bridgehead atoms. The Morgan fingerprint density at radius 3 is 2.80 bits per heavy atom. The predicted molar refractivity (Wildman–Crippen MR) is 97.6 cm³/mol. The Morgan fingerprint density at radius 1 is 1.08 bits per heavy atom. The maximum Gasteiger partial charge on any atom is 0.237 e. The Labute approximate surface area is 149 Å². The number of thioether (sulfide) groups is 1. The minimum absolute atomic E-state index is 0.572. The van der Waals surface area contributed by atoms with Crippen molar-refractivity contribution in [3.8, 4) is 17.1 Å². The summed E-state index contributed by atoms with van der Waals surface area (Å²) in [4.78, 5) is 8.91. The van der Waals surface area contributed by atoms with Crippen LogP contribution in [-0.4, -0.2) is 19.7 Å². The Bertz CT molecular complexity index is 978. The maximum absolute atomic E-state index is 5.38. The lowest BCUT2D eigenvalue weighted by atomic mass is 10.1. The second kappa shape index (κ2) is 6.94. The van der Waals surface area contributed by atoms with E-state index in [1.165, 1.54) is 5.56 Å². The molecular weight excluding hydrogens is 332 g/mol. The molecule has 4 aromatic rings. The molecule has 0 aliphatic heterocycles. The first kappa shape index (κ1) is 15.7. The van der Waals surface area contributed by atoms with Gasteiger partial charge in [-0.15, -0.1) is 0 Å². The van der Waals surface area contributed by atoms with Gasteiger partial charge in [0.2, 0.25) is 11.7 Å². The number of para-hydroxylation sites is 1. The van der Waals surface area contributed by atoms with E-state index in [-0.39, 0.29) is 0 Å². The Kier molecular flexibility index (Phi) is 4.35. The van der Waals surface area contributed by atoms with Gasteiger partial charge in [-0.3, -0.25) is 4.57 Å². The molecule has 124 valence electrons. The van der Waals surface area contributed by atoms with Crippen molar-refractivity contribution < 1.29 is 4.52 Å². The van der Waals surface area contributed by atoms with Crippen molar-refractivity contribution in [2.24, 2.45) is 0 Å². The standard InChI is InChI=1S/C19H16N4OS/c1-14-6-5-7-15(12-14)18-21-17(24-22-18)13-25-19-20-10-11-23(19)16-8-3-2-4-9-16/h2-12H,13H2,1H3. The van der Waals surface area contributed by atoms with Crippen LogP contribution in [0.25, 0.3) is 17.1 Å². The number of rotatable bonds is 5. The number of hydrogen-bond donors (Lipinski definition) is 0. The summed E-state index contributed by atoms with van der Waals surface area (Å²) in [5.74, 6) is 1.78. The third kappa shape index (κ3) is 3.49. The highest BCUT2D eigenvalue weighted by atomic mass is 32.2. The lowest BCUT2D eigenvalue weighted by molar-refractivity contribution is 0.391. The quantitative estimate of drug-likeness (QED) is 0.496. The molecule has 25 heavy (non-hydrogen) atoms. The van der Waals surface area contributed by atoms with Gasteiger partial charge in [0.25, 0.3) is 0 Å². The highest BCUT2D eigenvalue weighted by molar-refractivity contribution is 7.98. The van der Waals surface area contributed by atoms with E-state index in [0.717, 1.165) is 16.4 Å². The van der Waals surface area contributed by atoms with Gasteiger partial charge >= 0.3 is 0 Å². The summed E-state index contributed by atoms with van der Waals surface area (Å²) in [6, 6.07) is 18.2. The molecule has 0 N–H and O–H groups in total. The van der Waals surface area contributed by atoms with Crippen molar-refractivity contribution in [3.63, 3.8) is 0 Å². The van der Waals surface area contributed by atoms with Gasteiger partial charge in [-0.25, -0.2) is 4.98 Å². The zero-order valence-electron chi connectivity index (χ0n) is 13.7. The van der Waals surface area contributed by atoms with E-state index in [1.54, 1.807) is 18.0 Å². The highest BCUT2D eigenvalue weighted by Crippen LogP contribution is 2.25. The van der Waals surface area contributed by atoms with Gasteiger partial charge in [0.1, 0.15) is 0 Å². The van der Waals surface area contributed by atoms with E-state index >= 15 is 0 Å². The van der Waals surface area contributed by atoms with Gasteiger partial charge in [0.15, 0.2) is 5.16 Å². The summed E-state index contributed by atoms with van der Waals surface area (Å²) in [5.41, 5.74) is 3.21. The van der Waals surface area contributed by atoms with Crippen LogP contribution in [0.1, 0.15) is 11.5 Å². The fraction of sp³-hybridized carbons (Fsp3) is 0.105. The molecule has 0 atom stereocenters. The predicted octanol–water partition coefficient (Wildman–Crippen LogP) is 4.52. The zero-order valence-corrected chi connectivity index (χ0v) is 14.5. The normalized spacial score (nSPS) is 10.9. The van der Waals surface area contributed by atoms with Crippen LogP contribution in [0.3, 0.4) is 0 Å². The SMILES string of the molecule is Cc1cccc(-c2noc(CSc3nccn3-c3ccccc3)n2)c1. The summed E-state index contributed by atoms with van der Waals surface area (Å²) in [7, 11) is 0. The van der Waals surface area contributed by atoms with Gasteiger partial charge in [-0.2, -0.15) is 4.98 Å². The molecule has 0 amide bonds. The molecule has 0 saturated heterocycles. The van der Waals surface area contributed by atoms with Crippen LogP contribution in [0.5, 0.6) is 0 Å². The third-order valence-electron chi connectivity index (χ3n) is 3.71. The summed E-state index contributed by atoms with van der Waals surface area (Å²) >= 11 is 1.57. The summed E-state index contributed by atoms with van der Waals surface area (Å²) in [5, 5.41) is 4.97. The largest absolute Gasteiger partial charge is 0.338 e. The second-order valence-corrected chi connectivity index (χ2v) is 6.53. The average molecular weight is 348 g/mol. The zero-order chi connectivity index (χ0) is 17.1. The Balaban J connectivity index is 1.49. The van der Waals surface area contributed by atoms with Crippen molar-refractivity contribution in [2.75, 3.05) is 0 Å². The van der Waals surface area contributed by atoms with Gasteiger partial charge in [-0.1, -0.05) is 58.9 Å². The van der Waals surface area contributed by atoms with Crippen LogP contribution >= 0.6 is 11.8 Å². The molecular formula is C19H16N4OS. The van der Waals surface area contributed by atoms with Crippen molar-refractivity contribution in [3.05, 3.63) is 78.4 Å². The molecule has 0 aliphatic carbocycles. The van der Waals surface area contributed by atoms with Crippen molar-refractivity contribution in [2.45, 2.75) is 17.8 Å². The molecule has 0 unspecified atom stereocenters. The lowest BCUT2D eigenvalue weighted by Gasteiger charge is -2.05. The summed E-state index contributed by atoms with van der Waals surface area (Å²) in [6.45, 7) is 2.05. The average Bonchev–Trinajstić information content (AvgIpc) is 3.30. The van der Waals surface area contributed by atoms with Crippen LogP contribution < -0.4 is 0 Å². The fourth-order valence-electron chi connectivity index (χ4n) is 2.52. The first-order valence-corrected chi connectivity index (χ1v) is 8.89. The van der Waals surface area contributed by atoms with Gasteiger partial charge in [0.05, 0.1) is 5.75 Å². The summed E-state index contributed by atoms with van der Waals surface area (Å²) < 4.78 is 7.43. The highest BCUT2D eigenvalue weighted by Gasteiger charge is 2.11. The van der Waals surface area contributed by atoms with Gasteiger partial charge < -0.3 is 4.52 Å². The molecule has 4 rings (SSSR count). The van der Waals surface area contributed by atoms with E-state index < -0.39 is 0 Å². The molecule has 0 radical (unpaired) electrons. The molecule has 2 aromatic carbocycles. The number of nitrogens with zero attached hydrogens (tertiary/aromatic N) is 4. The van der Waals surface area contributed by atoms with Gasteiger partial charge in [0, 0.05) is 23.6 Å². The Hall–Kier alpha value is -2.86. The molecule has 0 fully saturated rings. The van der Waals surface area contributed by atoms with Crippen LogP contribution in [0.4, 0.5) is 0 Å². The van der Waals surface area contributed by atoms with E-state index in [1.807, 2.05) is 72.3 Å². The van der Waals surface area contributed by atoms with Crippen LogP contribution in [0.15, 0.2) is 76.7 Å². The number of benzene rings is 2. The van der Waals surface area contributed by atoms with Crippen LogP contribution in [0.2, 0.25) is 0 Å². The minimum Gasteiger partial charge on any atom is -0.338 e. The minimum atomic E-state index is 0.572. The van der Waals surface area contributed by atoms with E-state index in [0.29, 0.717) is 17.5 Å². The number of imidazole rings is 1. The maximum atomic E-state index is 5.38. The first-order chi connectivity index (χ1) is 12.3. The van der Waals surface area contributed by atoms with Crippen molar-refractivity contribution in [1.29, 1.82) is 0 Å². The molecule has 5 nitrogen and oxygen atoms in total. The van der Waals surface area contributed by atoms with E-state index in [4.69, 9.17) is 4.52 Å². The fourth-order valence-corrected chi connectivity index (χ4v) is 3.33. The molecule has 2 heterocycles. The molecule has 6 heteroatoms. The van der Waals surface area contributed by atoms with E-state index in [2.05, 4.69) is 15.1 Å².